The maximum Gasteiger partial charge on any atom is 0.257 e. The van der Waals surface area contributed by atoms with E-state index in [0.717, 1.165) is 12.8 Å². The Bertz CT molecular complexity index is 676. The monoisotopic (exact) mass is 314 g/mol. The van der Waals surface area contributed by atoms with Crippen LogP contribution in [0.25, 0.3) is 0 Å². The number of carbonyl (C=O) groups is 1. The largest absolute Gasteiger partial charge is 0.472 e. The SMILES string of the molecule is O=C(c1ccoc1)N1CCC2(CC(Nc3ncccn3)CO2)C1. The summed E-state index contributed by atoms with van der Waals surface area (Å²) in [6.07, 6.45) is 8.12. The molecule has 0 aromatic carbocycles. The molecule has 0 saturated carbocycles. The number of hydrogen-bond donors (Lipinski definition) is 1. The van der Waals surface area contributed by atoms with E-state index in [1.165, 1.54) is 12.5 Å². The van der Waals surface area contributed by atoms with Crippen molar-refractivity contribution in [2.24, 2.45) is 0 Å². The Morgan fingerprint density at radius 2 is 2.26 bits per heavy atom. The van der Waals surface area contributed by atoms with E-state index < -0.39 is 0 Å². The molecule has 2 aromatic heterocycles. The number of nitrogens with one attached hydrogen (secondary N) is 1. The topological polar surface area (TPSA) is 80.5 Å². The Morgan fingerprint density at radius 1 is 1.39 bits per heavy atom. The van der Waals surface area contributed by atoms with Gasteiger partial charge in [0, 0.05) is 25.4 Å². The maximum atomic E-state index is 12.4. The highest BCUT2D eigenvalue weighted by molar-refractivity contribution is 5.94. The molecular formula is C16H18N4O3. The normalized spacial score (nSPS) is 26.8. The molecule has 0 radical (unpaired) electrons. The van der Waals surface area contributed by atoms with E-state index in [4.69, 9.17) is 9.15 Å². The molecule has 7 heteroatoms. The minimum absolute atomic E-state index is 0.00188. The lowest BCUT2D eigenvalue weighted by Crippen LogP contribution is -2.36. The second kappa shape index (κ2) is 5.66. The van der Waals surface area contributed by atoms with Crippen LogP contribution in [0.15, 0.2) is 41.5 Å². The van der Waals surface area contributed by atoms with Gasteiger partial charge in [-0.3, -0.25) is 4.79 Å². The molecule has 4 rings (SSSR count). The Kier molecular flexibility index (Phi) is 3.49. The van der Waals surface area contributed by atoms with Gasteiger partial charge in [-0.25, -0.2) is 9.97 Å². The highest BCUT2D eigenvalue weighted by Crippen LogP contribution is 2.36. The van der Waals surface area contributed by atoms with Gasteiger partial charge in [0.1, 0.15) is 6.26 Å². The summed E-state index contributed by atoms with van der Waals surface area (Å²) in [6.45, 7) is 1.93. The predicted octanol–water partition coefficient (Wildman–Crippen LogP) is 1.56. The first-order valence-corrected chi connectivity index (χ1v) is 7.73. The predicted molar refractivity (Wildman–Crippen MR) is 82.0 cm³/mol. The minimum Gasteiger partial charge on any atom is -0.472 e. The van der Waals surface area contributed by atoms with Gasteiger partial charge in [0.25, 0.3) is 5.91 Å². The molecular weight excluding hydrogens is 296 g/mol. The molecule has 1 N–H and O–H groups in total. The van der Waals surface area contributed by atoms with Gasteiger partial charge in [0.05, 0.1) is 36.6 Å². The Balaban J connectivity index is 1.38. The third kappa shape index (κ3) is 2.79. The fourth-order valence-corrected chi connectivity index (χ4v) is 3.36. The lowest BCUT2D eigenvalue weighted by Gasteiger charge is -2.23. The summed E-state index contributed by atoms with van der Waals surface area (Å²) in [5.41, 5.74) is 0.332. The number of anilines is 1. The van der Waals surface area contributed by atoms with Gasteiger partial charge in [0.15, 0.2) is 0 Å². The zero-order chi connectivity index (χ0) is 15.7. The van der Waals surface area contributed by atoms with E-state index in [-0.39, 0.29) is 17.6 Å². The number of ether oxygens (including phenoxy) is 1. The first-order chi connectivity index (χ1) is 11.2. The molecule has 23 heavy (non-hydrogen) atoms. The number of aromatic nitrogens is 2. The molecule has 2 aliphatic rings. The van der Waals surface area contributed by atoms with Crippen LogP contribution in [-0.4, -0.2) is 52.1 Å². The van der Waals surface area contributed by atoms with Crippen LogP contribution in [0.3, 0.4) is 0 Å². The van der Waals surface area contributed by atoms with Crippen molar-refractivity contribution < 1.29 is 13.9 Å². The van der Waals surface area contributed by atoms with E-state index in [0.29, 0.717) is 31.2 Å². The molecule has 2 fully saturated rings. The molecule has 120 valence electrons. The van der Waals surface area contributed by atoms with Crippen LogP contribution >= 0.6 is 0 Å². The van der Waals surface area contributed by atoms with Gasteiger partial charge in [-0.05, 0) is 18.6 Å². The molecule has 2 atom stereocenters. The van der Waals surface area contributed by atoms with Gasteiger partial charge in [-0.2, -0.15) is 0 Å². The smallest absolute Gasteiger partial charge is 0.257 e. The molecule has 2 aliphatic heterocycles. The number of hydrogen-bond acceptors (Lipinski definition) is 6. The van der Waals surface area contributed by atoms with E-state index >= 15 is 0 Å². The fraction of sp³-hybridized carbons (Fsp3) is 0.438. The Morgan fingerprint density at radius 3 is 3.04 bits per heavy atom. The van der Waals surface area contributed by atoms with Gasteiger partial charge in [-0.1, -0.05) is 0 Å². The quantitative estimate of drug-likeness (QED) is 0.926. The van der Waals surface area contributed by atoms with Crippen LogP contribution in [0.4, 0.5) is 5.95 Å². The zero-order valence-corrected chi connectivity index (χ0v) is 12.6. The number of carbonyl (C=O) groups excluding carboxylic acids is 1. The first-order valence-electron chi connectivity index (χ1n) is 7.73. The van der Waals surface area contributed by atoms with Crippen molar-refractivity contribution in [2.75, 3.05) is 25.0 Å². The van der Waals surface area contributed by atoms with Crippen LogP contribution in [0.1, 0.15) is 23.2 Å². The lowest BCUT2D eigenvalue weighted by atomic mass is 9.97. The molecule has 1 amide bonds. The second-order valence-electron chi connectivity index (χ2n) is 6.10. The summed E-state index contributed by atoms with van der Waals surface area (Å²) < 4.78 is 11.0. The molecule has 2 saturated heterocycles. The van der Waals surface area contributed by atoms with Crippen LogP contribution in [0, 0.1) is 0 Å². The van der Waals surface area contributed by atoms with E-state index in [1.54, 1.807) is 24.5 Å². The minimum atomic E-state index is -0.258. The van der Waals surface area contributed by atoms with Crippen molar-refractivity contribution in [3.05, 3.63) is 42.6 Å². The average molecular weight is 314 g/mol. The van der Waals surface area contributed by atoms with Crippen LogP contribution in [0.5, 0.6) is 0 Å². The molecule has 1 spiro atoms. The highest BCUT2D eigenvalue weighted by atomic mass is 16.5. The molecule has 0 bridgehead atoms. The van der Waals surface area contributed by atoms with Crippen molar-refractivity contribution in [2.45, 2.75) is 24.5 Å². The standard InChI is InChI=1S/C16H18N4O3/c21-14(12-2-7-22-9-12)20-6-3-16(11-20)8-13(10-23-16)19-15-17-4-1-5-18-15/h1-2,4-5,7,9,13H,3,6,8,10-11H2,(H,17,18,19). The number of furan rings is 1. The van der Waals surface area contributed by atoms with Gasteiger partial charge in [0.2, 0.25) is 5.95 Å². The number of rotatable bonds is 3. The summed E-state index contributed by atoms with van der Waals surface area (Å²) in [6, 6.07) is 3.65. The lowest BCUT2D eigenvalue weighted by molar-refractivity contribution is 0.0125. The molecule has 4 heterocycles. The second-order valence-corrected chi connectivity index (χ2v) is 6.10. The van der Waals surface area contributed by atoms with Gasteiger partial charge >= 0.3 is 0 Å². The van der Waals surface area contributed by atoms with Crippen LogP contribution < -0.4 is 5.32 Å². The summed E-state index contributed by atoms with van der Waals surface area (Å²) in [4.78, 5) is 22.6. The molecule has 7 nitrogen and oxygen atoms in total. The first kappa shape index (κ1) is 14.2. The summed E-state index contributed by atoms with van der Waals surface area (Å²) in [5.74, 6) is 0.615. The molecule has 2 aromatic rings. The Hall–Kier alpha value is -2.41. The average Bonchev–Trinajstić information content (AvgIpc) is 3.31. The third-order valence-electron chi connectivity index (χ3n) is 4.48. The summed E-state index contributed by atoms with van der Waals surface area (Å²) in [5, 5.41) is 3.30. The summed E-state index contributed by atoms with van der Waals surface area (Å²) in [7, 11) is 0. The molecule has 2 unspecified atom stereocenters. The number of amides is 1. The van der Waals surface area contributed by atoms with E-state index in [1.807, 2.05) is 4.90 Å². The van der Waals surface area contributed by atoms with Crippen LogP contribution in [0.2, 0.25) is 0 Å². The number of likely N-dealkylation sites (tertiary alicyclic amines) is 1. The molecule has 0 aliphatic carbocycles. The maximum absolute atomic E-state index is 12.4. The zero-order valence-electron chi connectivity index (χ0n) is 12.6. The van der Waals surface area contributed by atoms with Crippen molar-refractivity contribution >= 4 is 11.9 Å². The number of nitrogens with zero attached hydrogens (tertiary/aromatic N) is 3. The summed E-state index contributed by atoms with van der Waals surface area (Å²) >= 11 is 0. The van der Waals surface area contributed by atoms with Crippen molar-refractivity contribution in [1.29, 1.82) is 0 Å². The van der Waals surface area contributed by atoms with Crippen molar-refractivity contribution in [3.63, 3.8) is 0 Å². The third-order valence-corrected chi connectivity index (χ3v) is 4.48. The van der Waals surface area contributed by atoms with Crippen LogP contribution in [-0.2, 0) is 4.74 Å². The fourth-order valence-electron chi connectivity index (χ4n) is 3.36. The van der Waals surface area contributed by atoms with Crippen molar-refractivity contribution in [1.82, 2.24) is 14.9 Å². The Labute approximate surface area is 133 Å². The van der Waals surface area contributed by atoms with E-state index in [9.17, 15) is 4.79 Å². The van der Waals surface area contributed by atoms with Gasteiger partial charge in [-0.15, -0.1) is 0 Å². The van der Waals surface area contributed by atoms with E-state index in [2.05, 4.69) is 15.3 Å². The van der Waals surface area contributed by atoms with Gasteiger partial charge < -0.3 is 19.4 Å². The van der Waals surface area contributed by atoms with Crippen molar-refractivity contribution in [3.8, 4) is 0 Å². The highest BCUT2D eigenvalue weighted by Gasteiger charge is 2.47.